The Morgan fingerprint density at radius 1 is 0.536 bits per heavy atom. The van der Waals surface area contributed by atoms with Gasteiger partial charge < -0.3 is 18.6 Å². The van der Waals surface area contributed by atoms with E-state index in [2.05, 4.69) is 76.2 Å². The summed E-state index contributed by atoms with van der Waals surface area (Å²) in [5.74, 6) is 0. The average molecular weight is 378 g/mol. The van der Waals surface area contributed by atoms with Gasteiger partial charge in [0.25, 0.3) is 0 Å². The van der Waals surface area contributed by atoms with Crippen LogP contribution in [0.15, 0.2) is 48.5 Å². The van der Waals surface area contributed by atoms with Crippen LogP contribution >= 0.6 is 0 Å². The maximum atomic E-state index is 5.87. The van der Waals surface area contributed by atoms with Crippen molar-refractivity contribution in [2.45, 2.75) is 27.7 Å². The van der Waals surface area contributed by atoms with Gasteiger partial charge in [-0.15, -0.1) is 0 Å². The van der Waals surface area contributed by atoms with E-state index in [1.54, 1.807) is 0 Å². The SMILES string of the molecule is CC1(C)COB(c2ccc(-c3ccc(B4OCC(C)(C)CO4)cc3)cc2)OC1. The first kappa shape index (κ1) is 19.7. The van der Waals surface area contributed by atoms with Crippen LogP contribution < -0.4 is 10.9 Å². The van der Waals surface area contributed by atoms with Crippen LogP contribution in [0.2, 0.25) is 0 Å². The molecule has 6 heteroatoms. The number of benzene rings is 2. The van der Waals surface area contributed by atoms with Crippen LogP contribution in [0.25, 0.3) is 11.1 Å². The third kappa shape index (κ3) is 4.52. The molecule has 0 aromatic heterocycles. The van der Waals surface area contributed by atoms with Gasteiger partial charge in [0.05, 0.1) is 0 Å². The molecule has 0 amide bonds. The highest BCUT2D eigenvalue weighted by Gasteiger charge is 2.34. The van der Waals surface area contributed by atoms with Crippen molar-refractivity contribution >= 4 is 25.2 Å². The zero-order valence-corrected chi connectivity index (χ0v) is 17.2. The van der Waals surface area contributed by atoms with Gasteiger partial charge in [-0.05, 0) is 22.1 Å². The fourth-order valence-corrected chi connectivity index (χ4v) is 3.43. The molecule has 0 radical (unpaired) electrons. The second kappa shape index (κ2) is 7.68. The first-order valence-electron chi connectivity index (χ1n) is 9.98. The summed E-state index contributed by atoms with van der Waals surface area (Å²) in [6.45, 7) is 11.5. The van der Waals surface area contributed by atoms with Gasteiger partial charge in [0, 0.05) is 37.3 Å². The minimum atomic E-state index is -0.269. The van der Waals surface area contributed by atoms with Crippen molar-refractivity contribution in [1.29, 1.82) is 0 Å². The van der Waals surface area contributed by atoms with Crippen molar-refractivity contribution in [2.75, 3.05) is 26.4 Å². The molecule has 2 fully saturated rings. The van der Waals surface area contributed by atoms with Crippen molar-refractivity contribution in [3.05, 3.63) is 48.5 Å². The second-order valence-corrected chi connectivity index (χ2v) is 9.48. The fourth-order valence-electron chi connectivity index (χ4n) is 3.43. The molecule has 0 spiro atoms. The minimum absolute atomic E-state index is 0.0830. The van der Waals surface area contributed by atoms with Gasteiger partial charge in [-0.1, -0.05) is 76.2 Å². The van der Waals surface area contributed by atoms with Crippen LogP contribution in [-0.2, 0) is 18.6 Å². The fraction of sp³-hybridized carbons (Fsp3) is 0.455. The molecule has 0 bridgehead atoms. The third-order valence-corrected chi connectivity index (χ3v) is 5.20. The Morgan fingerprint density at radius 3 is 1.11 bits per heavy atom. The monoisotopic (exact) mass is 378 g/mol. The Bertz CT molecular complexity index is 713. The molecule has 4 rings (SSSR count). The normalized spacial score (nSPS) is 21.6. The summed E-state index contributed by atoms with van der Waals surface area (Å²) in [7, 11) is -0.538. The summed E-state index contributed by atoms with van der Waals surface area (Å²) in [5, 5.41) is 0. The highest BCUT2D eigenvalue weighted by molar-refractivity contribution is 6.61. The Balaban J connectivity index is 1.41. The zero-order valence-electron chi connectivity index (χ0n) is 17.2. The molecule has 2 aliphatic heterocycles. The first-order valence-corrected chi connectivity index (χ1v) is 9.98. The van der Waals surface area contributed by atoms with Gasteiger partial charge >= 0.3 is 14.2 Å². The molecule has 0 unspecified atom stereocenters. The molecule has 0 saturated carbocycles. The van der Waals surface area contributed by atoms with E-state index in [0.717, 1.165) is 22.1 Å². The second-order valence-electron chi connectivity index (χ2n) is 9.48. The summed E-state index contributed by atoms with van der Waals surface area (Å²) >= 11 is 0. The van der Waals surface area contributed by atoms with Crippen molar-refractivity contribution in [3.8, 4) is 11.1 Å². The Hall–Kier alpha value is -1.59. The van der Waals surface area contributed by atoms with E-state index in [4.69, 9.17) is 18.6 Å². The van der Waals surface area contributed by atoms with Crippen molar-refractivity contribution in [2.24, 2.45) is 10.8 Å². The van der Waals surface area contributed by atoms with E-state index in [9.17, 15) is 0 Å². The molecule has 2 aliphatic rings. The van der Waals surface area contributed by atoms with E-state index >= 15 is 0 Å². The lowest BCUT2D eigenvalue weighted by Crippen LogP contribution is -2.47. The van der Waals surface area contributed by atoms with Crippen LogP contribution in [-0.4, -0.2) is 40.7 Å². The van der Waals surface area contributed by atoms with E-state index in [1.807, 2.05) is 0 Å². The predicted molar refractivity (Wildman–Crippen MR) is 114 cm³/mol. The summed E-state index contributed by atoms with van der Waals surface area (Å²) < 4.78 is 23.5. The molecule has 2 saturated heterocycles. The number of hydrogen-bond donors (Lipinski definition) is 0. The quantitative estimate of drug-likeness (QED) is 0.770. The van der Waals surface area contributed by atoms with Crippen LogP contribution in [0.1, 0.15) is 27.7 Å². The topological polar surface area (TPSA) is 36.9 Å². The molecule has 0 atom stereocenters. The van der Waals surface area contributed by atoms with Crippen molar-refractivity contribution in [3.63, 3.8) is 0 Å². The Kier molecular flexibility index (Phi) is 5.41. The van der Waals surface area contributed by atoms with Crippen LogP contribution in [0, 0.1) is 10.8 Å². The molecule has 2 heterocycles. The molecule has 0 N–H and O–H groups in total. The summed E-state index contributed by atoms with van der Waals surface area (Å²) in [6.07, 6.45) is 0. The van der Waals surface area contributed by atoms with Crippen LogP contribution in [0.5, 0.6) is 0 Å². The molecule has 2 aromatic carbocycles. The predicted octanol–water partition coefficient (Wildman–Crippen LogP) is 2.89. The van der Waals surface area contributed by atoms with Gasteiger partial charge in [-0.3, -0.25) is 0 Å². The van der Waals surface area contributed by atoms with Gasteiger partial charge in [-0.25, -0.2) is 0 Å². The van der Waals surface area contributed by atoms with Gasteiger partial charge in [0.1, 0.15) is 0 Å². The number of hydrogen-bond acceptors (Lipinski definition) is 4. The van der Waals surface area contributed by atoms with Crippen molar-refractivity contribution < 1.29 is 18.6 Å². The smallest absolute Gasteiger partial charge is 0.407 e. The zero-order chi connectivity index (χ0) is 19.8. The lowest BCUT2D eigenvalue weighted by molar-refractivity contribution is 0.0342. The van der Waals surface area contributed by atoms with Gasteiger partial charge in [0.2, 0.25) is 0 Å². The van der Waals surface area contributed by atoms with E-state index < -0.39 is 0 Å². The largest absolute Gasteiger partial charge is 0.493 e. The minimum Gasteiger partial charge on any atom is -0.407 e. The highest BCUT2D eigenvalue weighted by Crippen LogP contribution is 2.24. The third-order valence-electron chi connectivity index (χ3n) is 5.20. The maximum absolute atomic E-state index is 5.87. The lowest BCUT2D eigenvalue weighted by Gasteiger charge is -2.33. The summed E-state index contributed by atoms with van der Waals surface area (Å²) in [5.41, 5.74) is 4.61. The molecule has 28 heavy (non-hydrogen) atoms. The van der Waals surface area contributed by atoms with E-state index in [0.29, 0.717) is 26.4 Å². The molecule has 146 valence electrons. The molecular formula is C22H28B2O4. The van der Waals surface area contributed by atoms with Crippen molar-refractivity contribution in [1.82, 2.24) is 0 Å². The Morgan fingerprint density at radius 2 is 0.821 bits per heavy atom. The maximum Gasteiger partial charge on any atom is 0.493 e. The van der Waals surface area contributed by atoms with Gasteiger partial charge in [-0.2, -0.15) is 0 Å². The van der Waals surface area contributed by atoms with Crippen LogP contribution in [0.3, 0.4) is 0 Å². The van der Waals surface area contributed by atoms with Crippen LogP contribution in [0.4, 0.5) is 0 Å². The molecule has 0 aliphatic carbocycles. The molecular weight excluding hydrogens is 350 g/mol. The van der Waals surface area contributed by atoms with E-state index in [-0.39, 0.29) is 25.1 Å². The summed E-state index contributed by atoms with van der Waals surface area (Å²) in [6, 6.07) is 16.8. The highest BCUT2D eigenvalue weighted by atomic mass is 16.6. The standard InChI is InChI=1S/C22H28B2O4/c1-21(2)13-25-23(26-14-21)19-9-5-17(6-10-19)18-7-11-20(12-8-18)24-27-15-22(3,4)16-28-24/h5-12H,13-16H2,1-4H3. The molecule has 4 nitrogen and oxygen atoms in total. The Labute approximate surface area is 168 Å². The first-order chi connectivity index (χ1) is 13.3. The molecule has 2 aromatic rings. The van der Waals surface area contributed by atoms with E-state index in [1.165, 1.54) is 0 Å². The van der Waals surface area contributed by atoms with Gasteiger partial charge in [0.15, 0.2) is 0 Å². The average Bonchev–Trinajstić information content (AvgIpc) is 2.68. The summed E-state index contributed by atoms with van der Waals surface area (Å²) in [4.78, 5) is 0. The lowest BCUT2D eigenvalue weighted by atomic mass is 9.75. The number of rotatable bonds is 3.